The highest BCUT2D eigenvalue weighted by atomic mass is 16.3. The van der Waals surface area contributed by atoms with Crippen LogP contribution in [-0.2, 0) is 0 Å². The van der Waals surface area contributed by atoms with Crippen molar-refractivity contribution in [2.45, 2.75) is 13.8 Å². The van der Waals surface area contributed by atoms with Gasteiger partial charge in [0.1, 0.15) is 11.5 Å². The van der Waals surface area contributed by atoms with Crippen LogP contribution in [0.5, 0.6) is 11.5 Å². The van der Waals surface area contributed by atoms with E-state index in [0.29, 0.717) is 5.92 Å². The molecule has 0 radical (unpaired) electrons. The lowest BCUT2D eigenvalue weighted by molar-refractivity contribution is 0.0938. The number of phenols is 2. The standard InChI is InChI=1S/C13H19NO3/c1-9(2)7-14(3)8-13(17)11-5-4-10(15)6-12(11)16/h4-6,9,15-16H,7-8H2,1-3H3. The molecule has 0 saturated carbocycles. The Hall–Kier alpha value is -1.55. The highest BCUT2D eigenvalue weighted by Crippen LogP contribution is 2.23. The summed E-state index contributed by atoms with van der Waals surface area (Å²) in [5, 5.41) is 18.7. The van der Waals surface area contributed by atoms with Gasteiger partial charge in [-0.1, -0.05) is 13.8 Å². The summed E-state index contributed by atoms with van der Waals surface area (Å²) in [4.78, 5) is 13.8. The van der Waals surface area contributed by atoms with Crippen LogP contribution in [0.2, 0.25) is 0 Å². The molecule has 0 bridgehead atoms. The topological polar surface area (TPSA) is 60.8 Å². The number of aromatic hydroxyl groups is 2. The van der Waals surface area contributed by atoms with Gasteiger partial charge in [0.2, 0.25) is 0 Å². The fourth-order valence-electron chi connectivity index (χ4n) is 1.77. The maximum absolute atomic E-state index is 11.9. The average Bonchev–Trinajstić information content (AvgIpc) is 2.15. The fraction of sp³-hybridized carbons (Fsp3) is 0.462. The number of Topliss-reactive ketones (excluding diaryl/α,β-unsaturated/α-hetero) is 1. The molecule has 0 unspecified atom stereocenters. The molecule has 1 aromatic rings. The molecule has 1 aromatic carbocycles. The number of carbonyl (C=O) groups is 1. The van der Waals surface area contributed by atoms with Crippen LogP contribution in [0.4, 0.5) is 0 Å². The molecule has 0 aliphatic carbocycles. The molecule has 0 atom stereocenters. The van der Waals surface area contributed by atoms with E-state index in [-0.39, 0.29) is 29.4 Å². The van der Waals surface area contributed by atoms with E-state index in [1.165, 1.54) is 18.2 Å². The zero-order chi connectivity index (χ0) is 13.0. The van der Waals surface area contributed by atoms with E-state index in [2.05, 4.69) is 13.8 Å². The average molecular weight is 237 g/mol. The minimum atomic E-state index is -0.173. The van der Waals surface area contributed by atoms with Crippen molar-refractivity contribution in [3.05, 3.63) is 23.8 Å². The van der Waals surface area contributed by atoms with Crippen molar-refractivity contribution in [3.8, 4) is 11.5 Å². The number of nitrogens with zero attached hydrogens (tertiary/aromatic N) is 1. The highest BCUT2D eigenvalue weighted by Gasteiger charge is 2.14. The molecule has 4 heteroatoms. The van der Waals surface area contributed by atoms with Gasteiger partial charge in [0, 0.05) is 12.6 Å². The third-order valence-corrected chi connectivity index (χ3v) is 2.37. The summed E-state index contributed by atoms with van der Waals surface area (Å²) >= 11 is 0. The molecule has 0 aromatic heterocycles. The Morgan fingerprint density at radius 2 is 2.00 bits per heavy atom. The van der Waals surface area contributed by atoms with Gasteiger partial charge >= 0.3 is 0 Å². The molecule has 0 fully saturated rings. The fourth-order valence-corrected chi connectivity index (χ4v) is 1.77. The Morgan fingerprint density at radius 1 is 1.35 bits per heavy atom. The zero-order valence-electron chi connectivity index (χ0n) is 10.5. The Bertz CT molecular complexity index is 402. The number of phenolic OH excluding ortho intramolecular Hbond substituents is 2. The Kier molecular flexibility index (Phi) is 4.52. The summed E-state index contributed by atoms with van der Waals surface area (Å²) in [5.74, 6) is 0.120. The van der Waals surface area contributed by atoms with Crippen LogP contribution in [0.1, 0.15) is 24.2 Å². The molecule has 4 nitrogen and oxygen atoms in total. The monoisotopic (exact) mass is 237 g/mol. The highest BCUT2D eigenvalue weighted by molar-refractivity contribution is 6.00. The van der Waals surface area contributed by atoms with Gasteiger partial charge in [-0.3, -0.25) is 9.69 Å². The van der Waals surface area contributed by atoms with Crippen LogP contribution in [0.3, 0.4) is 0 Å². The molecule has 17 heavy (non-hydrogen) atoms. The minimum Gasteiger partial charge on any atom is -0.508 e. The first-order valence-electron chi connectivity index (χ1n) is 5.64. The molecule has 0 aliphatic heterocycles. The van der Waals surface area contributed by atoms with E-state index in [9.17, 15) is 9.90 Å². The second kappa shape index (κ2) is 5.68. The molecule has 94 valence electrons. The van der Waals surface area contributed by atoms with Gasteiger partial charge in [0.05, 0.1) is 12.1 Å². The lowest BCUT2D eigenvalue weighted by Crippen LogP contribution is -2.29. The molecular weight excluding hydrogens is 218 g/mol. The second-order valence-corrected chi connectivity index (χ2v) is 4.72. The first-order valence-corrected chi connectivity index (χ1v) is 5.64. The van der Waals surface area contributed by atoms with Gasteiger partial charge in [0.25, 0.3) is 0 Å². The van der Waals surface area contributed by atoms with Gasteiger partial charge in [-0.2, -0.15) is 0 Å². The van der Waals surface area contributed by atoms with E-state index in [1.807, 2.05) is 11.9 Å². The number of hydrogen-bond acceptors (Lipinski definition) is 4. The van der Waals surface area contributed by atoms with Crippen LogP contribution in [0.15, 0.2) is 18.2 Å². The first-order chi connectivity index (χ1) is 7.90. The van der Waals surface area contributed by atoms with Crippen LogP contribution in [0, 0.1) is 5.92 Å². The summed E-state index contributed by atoms with van der Waals surface area (Å²) < 4.78 is 0. The smallest absolute Gasteiger partial charge is 0.180 e. The molecular formula is C13H19NO3. The van der Waals surface area contributed by atoms with E-state index in [4.69, 9.17) is 5.11 Å². The maximum Gasteiger partial charge on any atom is 0.180 e. The third kappa shape index (κ3) is 4.07. The molecule has 0 saturated heterocycles. The molecule has 0 spiro atoms. The van der Waals surface area contributed by atoms with Crippen LogP contribution < -0.4 is 0 Å². The van der Waals surface area contributed by atoms with Gasteiger partial charge in [0.15, 0.2) is 5.78 Å². The van der Waals surface area contributed by atoms with E-state index < -0.39 is 0 Å². The second-order valence-electron chi connectivity index (χ2n) is 4.72. The van der Waals surface area contributed by atoms with Crippen LogP contribution in [0.25, 0.3) is 0 Å². The quantitative estimate of drug-likeness (QED) is 0.767. The Labute approximate surface area is 101 Å². The normalized spacial score (nSPS) is 11.1. The van der Waals surface area contributed by atoms with Crippen molar-refractivity contribution in [1.29, 1.82) is 0 Å². The van der Waals surface area contributed by atoms with Gasteiger partial charge in [-0.05, 0) is 25.1 Å². The number of ketones is 1. The number of benzene rings is 1. The summed E-state index contributed by atoms with van der Waals surface area (Å²) in [6.07, 6.45) is 0. The number of likely N-dealkylation sites (N-methyl/N-ethyl adjacent to an activating group) is 1. The summed E-state index contributed by atoms with van der Waals surface area (Å²) in [5.41, 5.74) is 0.249. The van der Waals surface area contributed by atoms with Crippen LogP contribution in [-0.4, -0.2) is 41.0 Å². The summed E-state index contributed by atoms with van der Waals surface area (Å²) in [7, 11) is 1.87. The minimum absolute atomic E-state index is 0.0467. The number of rotatable bonds is 5. The predicted molar refractivity (Wildman–Crippen MR) is 66.4 cm³/mol. The van der Waals surface area contributed by atoms with Crippen molar-refractivity contribution in [1.82, 2.24) is 4.90 Å². The molecule has 2 N–H and O–H groups in total. The van der Waals surface area contributed by atoms with Crippen molar-refractivity contribution in [2.75, 3.05) is 20.1 Å². The first kappa shape index (κ1) is 13.5. The van der Waals surface area contributed by atoms with Gasteiger partial charge < -0.3 is 10.2 Å². The summed E-state index contributed by atoms with van der Waals surface area (Å²) in [6, 6.07) is 4.02. The van der Waals surface area contributed by atoms with E-state index in [1.54, 1.807) is 0 Å². The zero-order valence-corrected chi connectivity index (χ0v) is 10.5. The Balaban J connectivity index is 2.70. The van der Waals surface area contributed by atoms with Crippen LogP contribution >= 0.6 is 0 Å². The SMILES string of the molecule is CC(C)CN(C)CC(=O)c1ccc(O)cc1O. The third-order valence-electron chi connectivity index (χ3n) is 2.37. The van der Waals surface area contributed by atoms with E-state index >= 15 is 0 Å². The Morgan fingerprint density at radius 3 is 2.53 bits per heavy atom. The largest absolute Gasteiger partial charge is 0.508 e. The molecule has 0 amide bonds. The molecule has 0 heterocycles. The lowest BCUT2D eigenvalue weighted by Gasteiger charge is -2.18. The number of carbonyl (C=O) groups excluding carboxylic acids is 1. The predicted octanol–water partition coefficient (Wildman–Crippen LogP) is 1.87. The van der Waals surface area contributed by atoms with Gasteiger partial charge in [-0.15, -0.1) is 0 Å². The van der Waals surface area contributed by atoms with Crippen molar-refractivity contribution in [3.63, 3.8) is 0 Å². The maximum atomic E-state index is 11.9. The number of hydrogen-bond donors (Lipinski definition) is 2. The molecule has 0 aliphatic rings. The molecule has 1 rings (SSSR count). The van der Waals surface area contributed by atoms with Crippen molar-refractivity contribution < 1.29 is 15.0 Å². The van der Waals surface area contributed by atoms with Crippen molar-refractivity contribution >= 4 is 5.78 Å². The van der Waals surface area contributed by atoms with Gasteiger partial charge in [-0.25, -0.2) is 0 Å². The van der Waals surface area contributed by atoms with Crippen molar-refractivity contribution in [2.24, 2.45) is 5.92 Å². The van der Waals surface area contributed by atoms with E-state index in [0.717, 1.165) is 6.54 Å². The lowest BCUT2D eigenvalue weighted by atomic mass is 10.1. The summed E-state index contributed by atoms with van der Waals surface area (Å²) in [6.45, 7) is 5.25.